The number of H-pyrrole nitrogens is 1. The van der Waals surface area contributed by atoms with Crippen molar-refractivity contribution in [2.75, 3.05) is 0 Å². The minimum atomic E-state index is -0.642. The van der Waals surface area contributed by atoms with E-state index in [0.29, 0.717) is 5.69 Å². The van der Waals surface area contributed by atoms with Crippen molar-refractivity contribution < 1.29 is 5.11 Å². The Hall–Kier alpha value is -2.30. The van der Waals surface area contributed by atoms with E-state index in [2.05, 4.69) is 11.9 Å². The van der Waals surface area contributed by atoms with Crippen LogP contribution in [0.15, 0.2) is 33.9 Å². The van der Waals surface area contributed by atoms with Crippen molar-refractivity contribution in [1.29, 1.82) is 0 Å². The van der Waals surface area contributed by atoms with Crippen LogP contribution in [-0.4, -0.2) is 14.7 Å². The number of aryl methyl sites for hydroxylation is 1. The fourth-order valence-electron chi connectivity index (χ4n) is 1.95. The van der Waals surface area contributed by atoms with Gasteiger partial charge in [0.25, 0.3) is 5.56 Å². The summed E-state index contributed by atoms with van der Waals surface area (Å²) in [5.74, 6) is -0.322. The number of hydrogen-bond acceptors (Lipinski definition) is 3. The van der Waals surface area contributed by atoms with Crippen molar-refractivity contribution >= 4 is 0 Å². The van der Waals surface area contributed by atoms with Crippen LogP contribution in [-0.2, 0) is 6.42 Å². The van der Waals surface area contributed by atoms with E-state index in [0.717, 1.165) is 17.4 Å². The summed E-state index contributed by atoms with van der Waals surface area (Å²) >= 11 is 0. The maximum Gasteiger partial charge on any atom is 0.335 e. The molecule has 5 nitrogen and oxygen atoms in total. The fraction of sp³-hybridized carbons (Fsp3) is 0.286. The Bertz CT molecular complexity index is 696. The smallest absolute Gasteiger partial charge is 0.335 e. The van der Waals surface area contributed by atoms with Crippen LogP contribution in [0, 0.1) is 6.92 Å². The third-order valence-electron chi connectivity index (χ3n) is 3.04. The Kier molecular flexibility index (Phi) is 3.55. The molecular weight excluding hydrogens is 244 g/mol. The standard InChI is InChI=1S/C14H16N2O3/c1-3-4-10-5-7-11(8-6-10)16-13(18)9(2)12(17)15-14(16)19/h5-8,18H,3-4H2,1-2H3,(H,15,17,19). The summed E-state index contributed by atoms with van der Waals surface area (Å²) in [7, 11) is 0. The van der Waals surface area contributed by atoms with Gasteiger partial charge in [-0.15, -0.1) is 0 Å². The normalized spacial score (nSPS) is 10.6. The van der Waals surface area contributed by atoms with Crippen molar-refractivity contribution in [2.45, 2.75) is 26.7 Å². The number of aromatic hydroxyl groups is 1. The number of benzene rings is 1. The molecule has 0 spiro atoms. The summed E-state index contributed by atoms with van der Waals surface area (Å²) < 4.78 is 1.09. The quantitative estimate of drug-likeness (QED) is 0.878. The van der Waals surface area contributed by atoms with E-state index in [1.54, 1.807) is 12.1 Å². The van der Waals surface area contributed by atoms with Gasteiger partial charge in [0.05, 0.1) is 11.3 Å². The van der Waals surface area contributed by atoms with E-state index in [1.165, 1.54) is 12.5 Å². The summed E-state index contributed by atoms with van der Waals surface area (Å²) in [6, 6.07) is 7.32. The average molecular weight is 260 g/mol. The molecule has 5 heteroatoms. The lowest BCUT2D eigenvalue weighted by molar-refractivity contribution is 0.426. The van der Waals surface area contributed by atoms with Gasteiger partial charge in [0.2, 0.25) is 5.88 Å². The Balaban J connectivity index is 2.56. The van der Waals surface area contributed by atoms with E-state index >= 15 is 0 Å². The Morgan fingerprint density at radius 2 is 1.84 bits per heavy atom. The van der Waals surface area contributed by atoms with Gasteiger partial charge < -0.3 is 5.11 Å². The Morgan fingerprint density at radius 3 is 2.42 bits per heavy atom. The van der Waals surface area contributed by atoms with Gasteiger partial charge in [-0.25, -0.2) is 9.36 Å². The first-order valence-corrected chi connectivity index (χ1v) is 6.18. The highest BCUT2D eigenvalue weighted by molar-refractivity contribution is 5.39. The topological polar surface area (TPSA) is 75.1 Å². The molecule has 0 amide bonds. The molecule has 1 heterocycles. The van der Waals surface area contributed by atoms with E-state index in [-0.39, 0.29) is 11.4 Å². The molecule has 0 unspecified atom stereocenters. The minimum Gasteiger partial charge on any atom is -0.494 e. The maximum atomic E-state index is 11.8. The highest BCUT2D eigenvalue weighted by Crippen LogP contribution is 2.16. The maximum absolute atomic E-state index is 11.8. The monoisotopic (exact) mass is 260 g/mol. The lowest BCUT2D eigenvalue weighted by atomic mass is 10.1. The third-order valence-corrected chi connectivity index (χ3v) is 3.04. The van der Waals surface area contributed by atoms with Gasteiger partial charge in [-0.1, -0.05) is 25.5 Å². The number of aromatic nitrogens is 2. The number of aromatic amines is 1. The zero-order chi connectivity index (χ0) is 14.0. The first-order valence-electron chi connectivity index (χ1n) is 6.18. The van der Waals surface area contributed by atoms with Crippen LogP contribution >= 0.6 is 0 Å². The lowest BCUT2D eigenvalue weighted by Crippen LogP contribution is -2.30. The summed E-state index contributed by atoms with van der Waals surface area (Å²) in [4.78, 5) is 25.3. The molecule has 2 N–H and O–H groups in total. The molecular formula is C14H16N2O3. The van der Waals surface area contributed by atoms with Crippen LogP contribution in [0.3, 0.4) is 0 Å². The fourth-order valence-corrected chi connectivity index (χ4v) is 1.95. The van der Waals surface area contributed by atoms with Crippen LogP contribution in [0.1, 0.15) is 24.5 Å². The Morgan fingerprint density at radius 1 is 1.21 bits per heavy atom. The number of hydrogen-bond donors (Lipinski definition) is 2. The molecule has 0 bridgehead atoms. The first kappa shape index (κ1) is 13.1. The lowest BCUT2D eigenvalue weighted by Gasteiger charge is -2.10. The van der Waals surface area contributed by atoms with Crippen LogP contribution in [0.25, 0.3) is 5.69 Å². The highest BCUT2D eigenvalue weighted by Gasteiger charge is 2.11. The molecule has 0 saturated heterocycles. The van der Waals surface area contributed by atoms with Gasteiger partial charge in [0, 0.05) is 0 Å². The zero-order valence-electron chi connectivity index (χ0n) is 10.9. The number of rotatable bonds is 3. The summed E-state index contributed by atoms with van der Waals surface area (Å²) in [5, 5.41) is 9.93. The largest absolute Gasteiger partial charge is 0.494 e. The van der Waals surface area contributed by atoms with Crippen molar-refractivity contribution in [3.8, 4) is 11.6 Å². The minimum absolute atomic E-state index is 0.122. The SMILES string of the molecule is CCCc1ccc(-n2c(O)c(C)c(=O)[nH]c2=O)cc1. The second-order valence-electron chi connectivity index (χ2n) is 4.46. The molecule has 0 radical (unpaired) electrons. The van der Waals surface area contributed by atoms with Gasteiger partial charge in [-0.2, -0.15) is 0 Å². The molecule has 19 heavy (non-hydrogen) atoms. The van der Waals surface area contributed by atoms with Gasteiger partial charge in [0.15, 0.2) is 0 Å². The molecule has 0 aliphatic carbocycles. The molecule has 1 aromatic carbocycles. The van der Waals surface area contributed by atoms with Crippen LogP contribution in [0.2, 0.25) is 0 Å². The molecule has 0 aliphatic heterocycles. The molecule has 0 fully saturated rings. The number of nitrogens with zero attached hydrogens (tertiary/aromatic N) is 1. The number of nitrogens with one attached hydrogen (secondary N) is 1. The molecule has 0 atom stereocenters. The summed E-state index contributed by atoms with van der Waals surface area (Å²) in [6.45, 7) is 3.56. The summed E-state index contributed by atoms with van der Waals surface area (Å²) in [6.07, 6.45) is 2.01. The predicted octanol–water partition coefficient (Wildman–Crippen LogP) is 1.49. The molecule has 2 aromatic rings. The Labute approximate surface area is 110 Å². The zero-order valence-corrected chi connectivity index (χ0v) is 10.9. The highest BCUT2D eigenvalue weighted by atomic mass is 16.3. The second kappa shape index (κ2) is 5.14. The van der Waals surface area contributed by atoms with Gasteiger partial charge >= 0.3 is 5.69 Å². The van der Waals surface area contributed by atoms with Gasteiger partial charge in [-0.05, 0) is 31.0 Å². The first-order chi connectivity index (χ1) is 9.04. The van der Waals surface area contributed by atoms with Crippen LogP contribution in [0.4, 0.5) is 0 Å². The summed E-state index contributed by atoms with van der Waals surface area (Å²) in [5.41, 5.74) is 0.608. The van der Waals surface area contributed by atoms with Crippen molar-refractivity contribution in [3.05, 3.63) is 56.2 Å². The predicted molar refractivity (Wildman–Crippen MR) is 73.1 cm³/mol. The van der Waals surface area contributed by atoms with E-state index in [1.807, 2.05) is 12.1 Å². The van der Waals surface area contributed by atoms with E-state index in [4.69, 9.17) is 0 Å². The van der Waals surface area contributed by atoms with Crippen LogP contribution < -0.4 is 11.2 Å². The van der Waals surface area contributed by atoms with E-state index in [9.17, 15) is 14.7 Å². The van der Waals surface area contributed by atoms with Crippen molar-refractivity contribution in [2.24, 2.45) is 0 Å². The molecule has 2 rings (SSSR count). The van der Waals surface area contributed by atoms with E-state index < -0.39 is 11.2 Å². The van der Waals surface area contributed by atoms with Crippen molar-refractivity contribution in [1.82, 2.24) is 9.55 Å². The molecule has 100 valence electrons. The molecule has 0 aliphatic rings. The third kappa shape index (κ3) is 2.45. The van der Waals surface area contributed by atoms with Crippen LogP contribution in [0.5, 0.6) is 5.88 Å². The molecule has 1 aromatic heterocycles. The van der Waals surface area contributed by atoms with Crippen molar-refractivity contribution in [3.63, 3.8) is 0 Å². The molecule has 0 saturated carbocycles. The van der Waals surface area contributed by atoms with Gasteiger partial charge in [0.1, 0.15) is 0 Å². The average Bonchev–Trinajstić information content (AvgIpc) is 2.38. The van der Waals surface area contributed by atoms with Gasteiger partial charge in [-0.3, -0.25) is 9.78 Å². The second-order valence-corrected chi connectivity index (χ2v) is 4.46.